The van der Waals surface area contributed by atoms with Crippen molar-refractivity contribution in [2.24, 2.45) is 52.3 Å². The first-order chi connectivity index (χ1) is 14.2. The van der Waals surface area contributed by atoms with Crippen molar-refractivity contribution < 1.29 is 14.7 Å². The molecular weight excluding hydrogens is 372 g/mol. The molecule has 4 saturated carbocycles. The van der Waals surface area contributed by atoms with Crippen LogP contribution < -0.4 is 0 Å². The van der Waals surface area contributed by atoms with Gasteiger partial charge in [0.25, 0.3) is 0 Å². The molecule has 0 saturated heterocycles. The highest BCUT2D eigenvalue weighted by molar-refractivity contribution is 5.85. The minimum absolute atomic E-state index is 0.175. The molecule has 3 nitrogen and oxygen atoms in total. The largest absolute Gasteiger partial charge is 0.396 e. The lowest BCUT2D eigenvalue weighted by Gasteiger charge is -2.60. The minimum Gasteiger partial charge on any atom is -0.396 e. The van der Waals surface area contributed by atoms with Crippen LogP contribution in [0.15, 0.2) is 0 Å². The molecule has 3 unspecified atom stereocenters. The quantitative estimate of drug-likeness (QED) is 0.593. The molecule has 3 heteroatoms. The van der Waals surface area contributed by atoms with Crippen LogP contribution in [0.5, 0.6) is 0 Å². The molecule has 0 aromatic heterocycles. The zero-order valence-corrected chi connectivity index (χ0v) is 19.8. The molecule has 4 fully saturated rings. The lowest BCUT2D eigenvalue weighted by molar-refractivity contribution is -0.141. The summed E-state index contributed by atoms with van der Waals surface area (Å²) in [5, 5.41) is 9.30. The van der Waals surface area contributed by atoms with E-state index >= 15 is 0 Å². The normalized spacial score (nSPS) is 45.4. The zero-order chi connectivity index (χ0) is 21.7. The third-order valence-electron chi connectivity index (χ3n) is 10.6. The van der Waals surface area contributed by atoms with Gasteiger partial charge in [0.2, 0.25) is 0 Å². The molecule has 1 N–H and O–H groups in total. The number of hydrogen-bond donors (Lipinski definition) is 1. The number of carbonyl (C=O) groups excluding carboxylic acids is 2. The number of rotatable bonds is 6. The summed E-state index contributed by atoms with van der Waals surface area (Å²) in [6.07, 6.45) is 11.7. The van der Waals surface area contributed by atoms with Crippen LogP contribution in [0.2, 0.25) is 0 Å². The monoisotopic (exact) mass is 416 g/mol. The maximum atomic E-state index is 13.3. The van der Waals surface area contributed by atoms with E-state index in [4.69, 9.17) is 0 Å². The van der Waals surface area contributed by atoms with Gasteiger partial charge in [0.15, 0.2) is 0 Å². The van der Waals surface area contributed by atoms with Crippen LogP contribution in [0.3, 0.4) is 0 Å². The van der Waals surface area contributed by atoms with E-state index in [0.29, 0.717) is 46.6 Å². The van der Waals surface area contributed by atoms with Crippen molar-refractivity contribution in [3.05, 3.63) is 0 Å². The number of aliphatic hydroxyl groups excluding tert-OH is 1. The summed E-state index contributed by atoms with van der Waals surface area (Å²) < 4.78 is 0. The smallest absolute Gasteiger partial charge is 0.137 e. The molecule has 0 bridgehead atoms. The Labute approximate surface area is 183 Å². The number of Topliss-reactive ketones (excluding diaryl/α,β-unsaturated/α-hetero) is 2. The van der Waals surface area contributed by atoms with Crippen LogP contribution >= 0.6 is 0 Å². The Morgan fingerprint density at radius 1 is 0.967 bits per heavy atom. The minimum atomic E-state index is 0.175. The maximum Gasteiger partial charge on any atom is 0.137 e. The van der Waals surface area contributed by atoms with E-state index in [9.17, 15) is 14.7 Å². The second kappa shape index (κ2) is 8.34. The predicted molar refractivity (Wildman–Crippen MR) is 120 cm³/mol. The Morgan fingerprint density at radius 2 is 1.73 bits per heavy atom. The predicted octanol–water partition coefficient (Wildman–Crippen LogP) is 5.83. The SMILES string of the molecule is CC(CO)CCCC(C)[C@H]1C(=O)C[C@H]2[C@@H]3CCC4CC(=O)CC[C@]4(C)[C@H]3CC[C@]12C. The molecule has 30 heavy (non-hydrogen) atoms. The van der Waals surface area contributed by atoms with Crippen molar-refractivity contribution in [2.75, 3.05) is 6.61 Å². The first-order valence-corrected chi connectivity index (χ1v) is 12.9. The van der Waals surface area contributed by atoms with Crippen molar-refractivity contribution in [3.63, 3.8) is 0 Å². The highest BCUT2D eigenvalue weighted by Crippen LogP contribution is 2.67. The van der Waals surface area contributed by atoms with Gasteiger partial charge < -0.3 is 5.11 Å². The first-order valence-electron chi connectivity index (χ1n) is 12.9. The van der Waals surface area contributed by atoms with Crippen molar-refractivity contribution >= 4 is 11.6 Å². The van der Waals surface area contributed by atoms with E-state index in [-0.39, 0.29) is 17.9 Å². The van der Waals surface area contributed by atoms with E-state index in [2.05, 4.69) is 27.7 Å². The highest BCUT2D eigenvalue weighted by Gasteiger charge is 2.62. The van der Waals surface area contributed by atoms with Crippen LogP contribution in [-0.4, -0.2) is 23.3 Å². The molecule has 0 aromatic carbocycles. The third-order valence-corrected chi connectivity index (χ3v) is 10.6. The van der Waals surface area contributed by atoms with Crippen LogP contribution in [0.4, 0.5) is 0 Å². The van der Waals surface area contributed by atoms with E-state index in [0.717, 1.165) is 50.9 Å². The Bertz CT molecular complexity index is 671. The summed E-state index contributed by atoms with van der Waals surface area (Å²) >= 11 is 0. The molecule has 4 aliphatic carbocycles. The maximum absolute atomic E-state index is 13.3. The van der Waals surface area contributed by atoms with Crippen LogP contribution in [0.1, 0.15) is 98.3 Å². The molecule has 0 amide bonds. The second-order valence-electron chi connectivity index (χ2n) is 12.3. The Morgan fingerprint density at radius 3 is 2.47 bits per heavy atom. The highest BCUT2D eigenvalue weighted by atomic mass is 16.3. The van der Waals surface area contributed by atoms with E-state index in [1.54, 1.807) is 0 Å². The van der Waals surface area contributed by atoms with Crippen molar-refractivity contribution in [3.8, 4) is 0 Å². The molecule has 4 rings (SSSR count). The van der Waals surface area contributed by atoms with Gasteiger partial charge in [-0.1, -0.05) is 34.1 Å². The van der Waals surface area contributed by atoms with Crippen molar-refractivity contribution in [2.45, 2.75) is 98.3 Å². The topological polar surface area (TPSA) is 54.4 Å². The summed E-state index contributed by atoms with van der Waals surface area (Å²) in [4.78, 5) is 25.4. The molecule has 0 aliphatic heterocycles. The zero-order valence-electron chi connectivity index (χ0n) is 19.8. The number of aliphatic hydroxyl groups is 1. The van der Waals surface area contributed by atoms with Gasteiger partial charge in [0.1, 0.15) is 11.6 Å². The fourth-order valence-electron chi connectivity index (χ4n) is 8.89. The Hall–Kier alpha value is -0.700. The van der Waals surface area contributed by atoms with Crippen LogP contribution in [-0.2, 0) is 9.59 Å². The number of ketones is 2. The van der Waals surface area contributed by atoms with Gasteiger partial charge in [-0.2, -0.15) is 0 Å². The summed E-state index contributed by atoms with van der Waals surface area (Å²) in [7, 11) is 0. The second-order valence-corrected chi connectivity index (χ2v) is 12.3. The summed E-state index contributed by atoms with van der Waals surface area (Å²) in [6.45, 7) is 9.64. The number of carbonyl (C=O) groups is 2. The van der Waals surface area contributed by atoms with Crippen LogP contribution in [0.25, 0.3) is 0 Å². The fourth-order valence-corrected chi connectivity index (χ4v) is 8.89. The lowest BCUT2D eigenvalue weighted by Crippen LogP contribution is -2.53. The van der Waals surface area contributed by atoms with E-state index in [1.807, 2.05) is 0 Å². The molecule has 0 spiro atoms. The van der Waals surface area contributed by atoms with Gasteiger partial charge in [0.05, 0.1) is 0 Å². The molecule has 4 aliphatic rings. The lowest BCUT2D eigenvalue weighted by atomic mass is 9.44. The Balaban J connectivity index is 1.49. The van der Waals surface area contributed by atoms with E-state index in [1.165, 1.54) is 25.7 Å². The van der Waals surface area contributed by atoms with Crippen molar-refractivity contribution in [1.29, 1.82) is 0 Å². The van der Waals surface area contributed by atoms with Gasteiger partial charge >= 0.3 is 0 Å². The summed E-state index contributed by atoms with van der Waals surface area (Å²) in [5.74, 6) is 4.62. The molecule has 9 atom stereocenters. The molecule has 0 radical (unpaired) electrons. The van der Waals surface area contributed by atoms with Gasteiger partial charge in [-0.05, 0) is 91.3 Å². The molecular formula is C27H44O3. The fraction of sp³-hybridized carbons (Fsp3) is 0.926. The number of fused-ring (bicyclic) bond motifs is 5. The average molecular weight is 417 g/mol. The van der Waals surface area contributed by atoms with Gasteiger partial charge in [0, 0.05) is 31.8 Å². The van der Waals surface area contributed by atoms with E-state index < -0.39 is 0 Å². The first kappa shape index (κ1) is 22.5. The summed E-state index contributed by atoms with van der Waals surface area (Å²) in [6, 6.07) is 0. The van der Waals surface area contributed by atoms with Crippen LogP contribution in [0, 0.1) is 52.3 Å². The summed E-state index contributed by atoms with van der Waals surface area (Å²) in [5.41, 5.74) is 0.499. The Kier molecular flexibility index (Phi) is 6.25. The molecule has 170 valence electrons. The van der Waals surface area contributed by atoms with Gasteiger partial charge in [-0.15, -0.1) is 0 Å². The third kappa shape index (κ3) is 3.61. The standard InChI is InChI=1S/C27H44O3/c1-17(16-28)6-5-7-18(2)25-24(30)15-23-21-9-8-19-14-20(29)10-12-26(19,3)22(21)11-13-27(23,25)4/h17-19,21-23,25,28H,5-16H2,1-4H3/t17?,18?,19?,21-,22+,23+,25+,26+,27+/m1/s1. The molecule has 0 aromatic rings. The number of hydrogen-bond acceptors (Lipinski definition) is 3. The average Bonchev–Trinajstić information content (AvgIpc) is 2.98. The van der Waals surface area contributed by atoms with Crippen molar-refractivity contribution in [1.82, 2.24) is 0 Å². The van der Waals surface area contributed by atoms with Gasteiger partial charge in [-0.25, -0.2) is 0 Å². The van der Waals surface area contributed by atoms with Gasteiger partial charge in [-0.3, -0.25) is 9.59 Å². The molecule has 0 heterocycles.